The SMILES string of the molecule is O=C(c1cccc(F)c1)N1CCC2(CC1)CN(c1ccccc1)C(=O)CO2. The maximum absolute atomic E-state index is 13.4. The number of nitrogens with zero attached hydrogens (tertiary/aromatic N) is 2. The van der Waals surface area contributed by atoms with Gasteiger partial charge in [-0.1, -0.05) is 24.3 Å². The Balaban J connectivity index is 1.45. The maximum Gasteiger partial charge on any atom is 0.253 e. The molecule has 6 heteroatoms. The molecule has 2 fully saturated rings. The number of para-hydroxylation sites is 1. The molecule has 2 amide bonds. The molecule has 140 valence electrons. The number of ether oxygens (including phenoxy) is 1. The van der Waals surface area contributed by atoms with Crippen LogP contribution in [0.4, 0.5) is 10.1 Å². The van der Waals surface area contributed by atoms with Crippen LogP contribution in [-0.4, -0.2) is 48.6 Å². The Bertz CT molecular complexity index is 848. The van der Waals surface area contributed by atoms with E-state index in [-0.39, 0.29) is 18.4 Å². The smallest absolute Gasteiger partial charge is 0.253 e. The van der Waals surface area contributed by atoms with Gasteiger partial charge in [0.1, 0.15) is 12.4 Å². The van der Waals surface area contributed by atoms with E-state index in [1.54, 1.807) is 21.9 Å². The van der Waals surface area contributed by atoms with Crippen molar-refractivity contribution in [3.05, 3.63) is 66.0 Å². The van der Waals surface area contributed by atoms with Crippen molar-refractivity contribution >= 4 is 17.5 Å². The molecule has 2 saturated heterocycles. The molecule has 0 bridgehead atoms. The molecule has 0 unspecified atom stereocenters. The van der Waals surface area contributed by atoms with E-state index in [0.29, 0.717) is 38.0 Å². The molecule has 0 aliphatic carbocycles. The molecule has 2 aliphatic heterocycles. The summed E-state index contributed by atoms with van der Waals surface area (Å²) >= 11 is 0. The maximum atomic E-state index is 13.4. The molecule has 2 aromatic carbocycles. The average Bonchev–Trinajstić information content (AvgIpc) is 2.71. The van der Waals surface area contributed by atoms with Crippen LogP contribution in [-0.2, 0) is 9.53 Å². The molecule has 2 aliphatic rings. The minimum Gasteiger partial charge on any atom is -0.363 e. The minimum absolute atomic E-state index is 0.0484. The third-order valence-electron chi connectivity index (χ3n) is 5.35. The van der Waals surface area contributed by atoms with Crippen LogP contribution in [0.25, 0.3) is 0 Å². The third-order valence-corrected chi connectivity index (χ3v) is 5.35. The van der Waals surface area contributed by atoms with Gasteiger partial charge in [-0.15, -0.1) is 0 Å². The van der Waals surface area contributed by atoms with Gasteiger partial charge in [0.2, 0.25) is 0 Å². The van der Waals surface area contributed by atoms with E-state index in [4.69, 9.17) is 4.74 Å². The zero-order valence-corrected chi connectivity index (χ0v) is 14.9. The molecule has 1 spiro atoms. The van der Waals surface area contributed by atoms with Crippen molar-refractivity contribution < 1.29 is 18.7 Å². The second-order valence-electron chi connectivity index (χ2n) is 7.09. The van der Waals surface area contributed by atoms with Crippen molar-refractivity contribution in [2.45, 2.75) is 18.4 Å². The third kappa shape index (κ3) is 3.57. The molecule has 0 N–H and O–H groups in total. The van der Waals surface area contributed by atoms with Crippen LogP contribution in [0.15, 0.2) is 54.6 Å². The van der Waals surface area contributed by atoms with Crippen LogP contribution < -0.4 is 4.90 Å². The molecular formula is C21H21FN2O3. The fraction of sp³-hybridized carbons (Fsp3) is 0.333. The van der Waals surface area contributed by atoms with E-state index < -0.39 is 11.4 Å². The van der Waals surface area contributed by atoms with Gasteiger partial charge in [0.15, 0.2) is 0 Å². The fourth-order valence-corrected chi connectivity index (χ4v) is 3.78. The van der Waals surface area contributed by atoms with Crippen molar-refractivity contribution in [2.24, 2.45) is 0 Å². The van der Waals surface area contributed by atoms with Gasteiger partial charge in [-0.25, -0.2) is 4.39 Å². The number of likely N-dealkylation sites (tertiary alicyclic amines) is 1. The van der Waals surface area contributed by atoms with Crippen LogP contribution >= 0.6 is 0 Å². The predicted octanol–water partition coefficient (Wildman–Crippen LogP) is 2.86. The van der Waals surface area contributed by atoms with Crippen LogP contribution in [0.5, 0.6) is 0 Å². The highest BCUT2D eigenvalue weighted by atomic mass is 19.1. The second kappa shape index (κ2) is 7.12. The van der Waals surface area contributed by atoms with E-state index in [9.17, 15) is 14.0 Å². The van der Waals surface area contributed by atoms with Crippen LogP contribution in [0, 0.1) is 5.82 Å². The fourth-order valence-electron chi connectivity index (χ4n) is 3.78. The van der Waals surface area contributed by atoms with Gasteiger partial charge in [0, 0.05) is 24.3 Å². The minimum atomic E-state index is -0.442. The van der Waals surface area contributed by atoms with Crippen molar-refractivity contribution in [1.29, 1.82) is 0 Å². The summed E-state index contributed by atoms with van der Waals surface area (Å²) in [7, 11) is 0. The first kappa shape index (κ1) is 17.7. The average molecular weight is 368 g/mol. The Kier molecular flexibility index (Phi) is 4.66. The Morgan fingerprint density at radius 1 is 1.04 bits per heavy atom. The van der Waals surface area contributed by atoms with Gasteiger partial charge in [-0.05, 0) is 43.2 Å². The Labute approximate surface area is 157 Å². The summed E-state index contributed by atoms with van der Waals surface area (Å²) in [5.74, 6) is -0.636. The van der Waals surface area contributed by atoms with E-state index in [1.165, 1.54) is 12.1 Å². The highest BCUT2D eigenvalue weighted by Crippen LogP contribution is 2.33. The lowest BCUT2D eigenvalue weighted by Gasteiger charge is -2.47. The molecule has 0 atom stereocenters. The number of carbonyl (C=O) groups excluding carboxylic acids is 2. The number of hydrogen-bond donors (Lipinski definition) is 0. The van der Waals surface area contributed by atoms with Gasteiger partial charge in [-0.2, -0.15) is 0 Å². The quantitative estimate of drug-likeness (QED) is 0.819. The summed E-state index contributed by atoms with van der Waals surface area (Å²) in [6, 6.07) is 15.3. The number of amides is 2. The van der Waals surface area contributed by atoms with Crippen molar-refractivity contribution in [1.82, 2.24) is 4.90 Å². The summed E-state index contributed by atoms with van der Waals surface area (Å²) in [6.45, 7) is 1.57. The van der Waals surface area contributed by atoms with E-state index >= 15 is 0 Å². The van der Waals surface area contributed by atoms with Crippen molar-refractivity contribution in [2.75, 3.05) is 31.1 Å². The first-order valence-electron chi connectivity index (χ1n) is 9.11. The van der Waals surface area contributed by atoms with Crippen molar-refractivity contribution in [3.8, 4) is 0 Å². The first-order chi connectivity index (χ1) is 13.1. The number of piperidine rings is 1. The molecule has 0 radical (unpaired) electrons. The summed E-state index contributed by atoms with van der Waals surface area (Å²) in [5.41, 5.74) is 0.780. The highest BCUT2D eigenvalue weighted by Gasteiger charge is 2.43. The molecule has 2 heterocycles. The summed E-state index contributed by atoms with van der Waals surface area (Å²) in [6.07, 6.45) is 1.29. The molecule has 5 nitrogen and oxygen atoms in total. The van der Waals surface area contributed by atoms with E-state index in [0.717, 1.165) is 5.69 Å². The Morgan fingerprint density at radius 2 is 1.78 bits per heavy atom. The van der Waals surface area contributed by atoms with Crippen LogP contribution in [0.1, 0.15) is 23.2 Å². The van der Waals surface area contributed by atoms with Gasteiger partial charge in [0.25, 0.3) is 11.8 Å². The highest BCUT2D eigenvalue weighted by molar-refractivity contribution is 5.95. The normalized spacial score (nSPS) is 19.4. The number of rotatable bonds is 2. The van der Waals surface area contributed by atoms with Gasteiger partial charge >= 0.3 is 0 Å². The lowest BCUT2D eigenvalue weighted by atomic mass is 9.88. The molecule has 2 aromatic rings. The predicted molar refractivity (Wildman–Crippen MR) is 99.0 cm³/mol. The molecule has 27 heavy (non-hydrogen) atoms. The van der Waals surface area contributed by atoms with Gasteiger partial charge in [0.05, 0.1) is 12.1 Å². The number of benzene rings is 2. The number of halogens is 1. The Hall–Kier alpha value is -2.73. The zero-order valence-electron chi connectivity index (χ0n) is 14.9. The monoisotopic (exact) mass is 368 g/mol. The van der Waals surface area contributed by atoms with Gasteiger partial charge in [-0.3, -0.25) is 9.59 Å². The number of anilines is 1. The summed E-state index contributed by atoms with van der Waals surface area (Å²) in [5, 5.41) is 0. The van der Waals surface area contributed by atoms with Crippen LogP contribution in [0.2, 0.25) is 0 Å². The lowest BCUT2D eigenvalue weighted by Crippen LogP contribution is -2.59. The lowest BCUT2D eigenvalue weighted by molar-refractivity contribution is -0.143. The summed E-state index contributed by atoms with van der Waals surface area (Å²) < 4.78 is 19.3. The van der Waals surface area contributed by atoms with Gasteiger partial charge < -0.3 is 14.5 Å². The first-order valence-corrected chi connectivity index (χ1v) is 9.11. The van der Waals surface area contributed by atoms with E-state index in [2.05, 4.69) is 0 Å². The topological polar surface area (TPSA) is 49.9 Å². The molecular weight excluding hydrogens is 347 g/mol. The molecule has 4 rings (SSSR count). The second-order valence-corrected chi connectivity index (χ2v) is 7.09. The molecule has 0 saturated carbocycles. The summed E-state index contributed by atoms with van der Waals surface area (Å²) in [4.78, 5) is 28.4. The van der Waals surface area contributed by atoms with E-state index in [1.807, 2.05) is 30.3 Å². The largest absolute Gasteiger partial charge is 0.363 e. The number of hydrogen-bond acceptors (Lipinski definition) is 3. The standard InChI is InChI=1S/C21H21FN2O3/c22-17-6-4-5-16(13-17)20(26)23-11-9-21(10-12-23)15-24(19(25)14-27-21)18-7-2-1-3-8-18/h1-8,13H,9-12,14-15H2. The molecule has 0 aromatic heterocycles. The van der Waals surface area contributed by atoms with Crippen LogP contribution in [0.3, 0.4) is 0 Å². The zero-order chi connectivity index (χ0) is 18.9. The number of carbonyl (C=O) groups is 2. The Morgan fingerprint density at radius 3 is 2.48 bits per heavy atom. The number of morpholine rings is 1. The van der Waals surface area contributed by atoms with Crippen molar-refractivity contribution in [3.63, 3.8) is 0 Å².